The van der Waals surface area contributed by atoms with E-state index in [1.165, 1.54) is 0 Å². The molecule has 2 aromatic rings. The summed E-state index contributed by atoms with van der Waals surface area (Å²) in [7, 11) is 0. The Morgan fingerprint density at radius 1 is 1.27 bits per heavy atom. The van der Waals surface area contributed by atoms with Crippen LogP contribution in [0.1, 0.15) is 36.9 Å². The van der Waals surface area contributed by atoms with Crippen molar-refractivity contribution in [1.29, 1.82) is 0 Å². The van der Waals surface area contributed by atoms with E-state index in [0.717, 1.165) is 28.8 Å². The molecule has 1 aromatic carbocycles. The van der Waals surface area contributed by atoms with Crippen molar-refractivity contribution in [2.24, 2.45) is 5.92 Å². The molecule has 1 N–H and O–H groups in total. The first-order valence-corrected chi connectivity index (χ1v) is 7.63. The summed E-state index contributed by atoms with van der Waals surface area (Å²) in [5.41, 5.74) is 4.14. The van der Waals surface area contributed by atoms with Crippen LogP contribution in [0.15, 0.2) is 41.9 Å². The highest BCUT2D eigenvalue weighted by Gasteiger charge is 2.38. The average molecular weight is 294 g/mol. The molecule has 1 aliphatic carbocycles. The van der Waals surface area contributed by atoms with Crippen LogP contribution >= 0.6 is 0 Å². The highest BCUT2D eigenvalue weighted by Crippen LogP contribution is 2.41. The van der Waals surface area contributed by atoms with Gasteiger partial charge in [-0.1, -0.05) is 31.2 Å². The molecule has 5 nitrogen and oxygen atoms in total. The van der Waals surface area contributed by atoms with Crippen LogP contribution in [0, 0.1) is 12.8 Å². The van der Waals surface area contributed by atoms with Gasteiger partial charge >= 0.3 is 0 Å². The van der Waals surface area contributed by atoms with Crippen molar-refractivity contribution < 1.29 is 4.79 Å². The fraction of sp³-hybridized carbons (Fsp3) is 0.353. The zero-order chi connectivity index (χ0) is 15.3. The first-order valence-electron chi connectivity index (χ1n) is 7.63. The Morgan fingerprint density at radius 3 is 2.91 bits per heavy atom. The van der Waals surface area contributed by atoms with Crippen LogP contribution in [0.5, 0.6) is 0 Å². The van der Waals surface area contributed by atoms with Crippen LogP contribution in [-0.2, 0) is 4.79 Å². The van der Waals surface area contributed by atoms with Crippen LogP contribution in [0.25, 0.3) is 0 Å². The number of Topliss-reactive ketones (excluding diaryl/α,β-unsaturated/α-hetero) is 1. The Bertz CT molecular complexity index is 789. The second kappa shape index (κ2) is 4.80. The number of ketones is 1. The molecule has 0 saturated heterocycles. The summed E-state index contributed by atoms with van der Waals surface area (Å²) in [6, 6.07) is 8.01. The zero-order valence-corrected chi connectivity index (χ0v) is 12.7. The number of aryl methyl sites for hydroxylation is 1. The Kier molecular flexibility index (Phi) is 2.89. The minimum absolute atomic E-state index is 0.171. The van der Waals surface area contributed by atoms with Gasteiger partial charge < -0.3 is 5.32 Å². The third-order valence-electron chi connectivity index (χ3n) is 4.55. The minimum atomic E-state index is -0.171. The Morgan fingerprint density at radius 2 is 2.09 bits per heavy atom. The lowest BCUT2D eigenvalue weighted by Crippen LogP contribution is -2.33. The number of aromatic nitrogens is 3. The Balaban J connectivity index is 1.94. The first kappa shape index (κ1) is 13.2. The van der Waals surface area contributed by atoms with E-state index in [4.69, 9.17) is 0 Å². The number of nitrogens with zero attached hydrogens (tertiary/aromatic N) is 3. The molecular formula is C17H18N4O. The second-order valence-electron chi connectivity index (χ2n) is 6.24. The monoisotopic (exact) mass is 294 g/mol. The van der Waals surface area contributed by atoms with Crippen molar-refractivity contribution in [3.05, 3.63) is 53.0 Å². The quantitative estimate of drug-likeness (QED) is 0.878. The number of hydrogen-bond donors (Lipinski definition) is 1. The van der Waals surface area contributed by atoms with E-state index in [2.05, 4.69) is 41.4 Å². The van der Waals surface area contributed by atoms with Gasteiger partial charge in [-0.25, -0.2) is 4.68 Å². The first-order chi connectivity index (χ1) is 10.6. The number of carbonyl (C=O) groups excluding carboxylic acids is 1. The summed E-state index contributed by atoms with van der Waals surface area (Å²) in [4.78, 5) is 17.0. The van der Waals surface area contributed by atoms with Gasteiger partial charge in [0.2, 0.25) is 5.95 Å². The van der Waals surface area contributed by atoms with Gasteiger partial charge in [-0.2, -0.15) is 10.1 Å². The van der Waals surface area contributed by atoms with Crippen LogP contribution < -0.4 is 5.32 Å². The lowest BCUT2D eigenvalue weighted by atomic mass is 9.80. The number of hydrogen-bond acceptors (Lipinski definition) is 4. The Labute approximate surface area is 129 Å². The summed E-state index contributed by atoms with van der Waals surface area (Å²) in [6.07, 6.45) is 3.03. The fourth-order valence-corrected chi connectivity index (χ4v) is 3.53. The molecule has 1 aromatic heterocycles. The molecule has 0 fully saturated rings. The van der Waals surface area contributed by atoms with Gasteiger partial charge in [0.25, 0.3) is 0 Å². The van der Waals surface area contributed by atoms with Crippen LogP contribution in [-0.4, -0.2) is 20.5 Å². The molecule has 5 heteroatoms. The van der Waals surface area contributed by atoms with E-state index in [1.807, 2.05) is 16.8 Å². The summed E-state index contributed by atoms with van der Waals surface area (Å²) in [6.45, 7) is 4.19. The molecule has 0 saturated carbocycles. The smallest absolute Gasteiger partial charge is 0.226 e. The van der Waals surface area contributed by atoms with E-state index in [9.17, 15) is 4.79 Å². The lowest BCUT2D eigenvalue weighted by molar-refractivity contribution is -0.117. The Hall–Kier alpha value is -2.43. The third-order valence-corrected chi connectivity index (χ3v) is 4.55. The highest BCUT2D eigenvalue weighted by atomic mass is 16.1. The second-order valence-corrected chi connectivity index (χ2v) is 6.24. The SMILES string of the molecule is Cc1ccccc1[C@@H]1C2=C(C[C@H](C)CC2=O)Nc2ncnn21. The van der Waals surface area contributed by atoms with Gasteiger partial charge in [0.15, 0.2) is 5.78 Å². The number of benzene rings is 1. The summed E-state index contributed by atoms with van der Waals surface area (Å²) >= 11 is 0. The number of rotatable bonds is 1. The molecule has 0 spiro atoms. The highest BCUT2D eigenvalue weighted by molar-refractivity contribution is 5.99. The van der Waals surface area contributed by atoms with Gasteiger partial charge in [-0.3, -0.25) is 4.79 Å². The summed E-state index contributed by atoms with van der Waals surface area (Å²) < 4.78 is 1.83. The number of carbonyl (C=O) groups is 1. The maximum Gasteiger partial charge on any atom is 0.226 e. The minimum Gasteiger partial charge on any atom is -0.328 e. The number of anilines is 1. The normalized spacial score (nSPS) is 23.8. The van der Waals surface area contributed by atoms with Gasteiger partial charge in [-0.15, -0.1) is 0 Å². The number of fused-ring (bicyclic) bond motifs is 1. The van der Waals surface area contributed by atoms with Crippen molar-refractivity contribution in [3.8, 4) is 0 Å². The standard InChI is InChI=1S/C17H18N4O/c1-10-7-13-15(14(22)8-10)16(12-6-4-3-5-11(12)2)21-17(20-13)18-9-19-21/h3-6,9-10,16H,7-8H2,1-2H3,(H,18,19,20)/t10-,16+/m0/s1. The largest absolute Gasteiger partial charge is 0.328 e. The molecule has 0 unspecified atom stereocenters. The van der Waals surface area contributed by atoms with E-state index < -0.39 is 0 Å². The topological polar surface area (TPSA) is 59.8 Å². The molecule has 0 bridgehead atoms. The molecule has 2 aliphatic rings. The maximum atomic E-state index is 12.7. The number of nitrogens with one attached hydrogen (secondary N) is 1. The van der Waals surface area contributed by atoms with Crippen molar-refractivity contribution >= 4 is 11.7 Å². The fourth-order valence-electron chi connectivity index (χ4n) is 3.53. The molecular weight excluding hydrogens is 276 g/mol. The molecule has 0 amide bonds. The van der Waals surface area contributed by atoms with E-state index in [1.54, 1.807) is 6.33 Å². The van der Waals surface area contributed by atoms with E-state index in [-0.39, 0.29) is 11.8 Å². The molecule has 0 radical (unpaired) electrons. The molecule has 2 heterocycles. The number of allylic oxidation sites excluding steroid dienone is 2. The van der Waals surface area contributed by atoms with Crippen molar-refractivity contribution in [2.45, 2.75) is 32.7 Å². The van der Waals surface area contributed by atoms with Crippen LogP contribution in [0.3, 0.4) is 0 Å². The van der Waals surface area contributed by atoms with Gasteiger partial charge in [0, 0.05) is 17.7 Å². The predicted octanol–water partition coefficient (Wildman–Crippen LogP) is 2.85. The van der Waals surface area contributed by atoms with Gasteiger partial charge in [0.1, 0.15) is 12.4 Å². The van der Waals surface area contributed by atoms with Crippen LogP contribution in [0.4, 0.5) is 5.95 Å². The zero-order valence-electron chi connectivity index (χ0n) is 12.7. The van der Waals surface area contributed by atoms with Crippen molar-refractivity contribution in [2.75, 3.05) is 5.32 Å². The third kappa shape index (κ3) is 1.89. The molecule has 4 rings (SSSR count). The molecule has 22 heavy (non-hydrogen) atoms. The van der Waals surface area contributed by atoms with Gasteiger partial charge in [-0.05, 0) is 30.4 Å². The average Bonchev–Trinajstić information content (AvgIpc) is 2.93. The summed E-state index contributed by atoms with van der Waals surface area (Å²) in [5, 5.41) is 7.66. The molecule has 112 valence electrons. The van der Waals surface area contributed by atoms with Gasteiger partial charge in [0.05, 0.1) is 0 Å². The van der Waals surface area contributed by atoms with E-state index in [0.29, 0.717) is 18.3 Å². The molecule has 1 aliphatic heterocycles. The van der Waals surface area contributed by atoms with Crippen molar-refractivity contribution in [3.63, 3.8) is 0 Å². The molecule has 2 atom stereocenters. The predicted molar refractivity (Wildman–Crippen MR) is 83.4 cm³/mol. The van der Waals surface area contributed by atoms with Crippen molar-refractivity contribution in [1.82, 2.24) is 14.8 Å². The van der Waals surface area contributed by atoms with Crippen LogP contribution in [0.2, 0.25) is 0 Å². The lowest BCUT2D eigenvalue weighted by Gasteiger charge is -2.34. The van der Waals surface area contributed by atoms with E-state index >= 15 is 0 Å². The maximum absolute atomic E-state index is 12.7. The summed E-state index contributed by atoms with van der Waals surface area (Å²) in [5.74, 6) is 1.30.